The first-order valence-corrected chi connectivity index (χ1v) is 9.51. The number of anilines is 1. The van der Waals surface area contributed by atoms with E-state index in [-0.39, 0.29) is 5.91 Å². The van der Waals surface area contributed by atoms with Gasteiger partial charge in [-0.2, -0.15) is 0 Å². The number of aryl methyl sites for hydroxylation is 2. The highest BCUT2D eigenvalue weighted by atomic mass is 32.2. The number of carbonyl (C=O) groups excluding carboxylic acids is 1. The molecule has 0 bridgehead atoms. The van der Waals surface area contributed by atoms with E-state index in [9.17, 15) is 9.90 Å². The van der Waals surface area contributed by atoms with Crippen LogP contribution in [0.3, 0.4) is 0 Å². The lowest BCUT2D eigenvalue weighted by molar-refractivity contribution is -0.114. The molecule has 3 aromatic rings. The van der Waals surface area contributed by atoms with Crippen LogP contribution in [-0.2, 0) is 11.3 Å². The number of hydrogen-bond donors (Lipinski definition) is 2. The fraction of sp³-hybridized carbons (Fsp3) is 0.300. The van der Waals surface area contributed by atoms with Crippen molar-refractivity contribution in [3.05, 3.63) is 53.9 Å². The number of carbonyl (C=O) groups is 1. The van der Waals surface area contributed by atoms with Crippen molar-refractivity contribution in [1.29, 1.82) is 0 Å². The molecule has 6 heteroatoms. The van der Waals surface area contributed by atoms with Crippen LogP contribution >= 0.6 is 11.8 Å². The molecule has 0 fully saturated rings. The summed E-state index contributed by atoms with van der Waals surface area (Å²) >= 11 is 1.59. The van der Waals surface area contributed by atoms with Gasteiger partial charge in [-0.1, -0.05) is 0 Å². The maximum Gasteiger partial charge on any atom is 0.221 e. The predicted octanol–water partition coefficient (Wildman–Crippen LogP) is 3.76. The summed E-state index contributed by atoms with van der Waals surface area (Å²) in [6.45, 7) is 6.16. The van der Waals surface area contributed by atoms with Crippen LogP contribution in [0.4, 0.5) is 5.69 Å². The van der Waals surface area contributed by atoms with Crippen LogP contribution in [-0.4, -0.2) is 32.4 Å². The number of thioether (sulfide) groups is 1. The zero-order chi connectivity index (χ0) is 18.7. The van der Waals surface area contributed by atoms with Gasteiger partial charge in [0, 0.05) is 23.3 Å². The minimum Gasteiger partial charge on any atom is -0.390 e. The number of imidazole rings is 1. The van der Waals surface area contributed by atoms with Gasteiger partial charge in [-0.15, -0.1) is 11.8 Å². The Balaban J connectivity index is 1.60. The molecular weight excluding hydrogens is 346 g/mol. The number of benzene rings is 2. The number of amides is 1. The first kappa shape index (κ1) is 18.5. The minimum absolute atomic E-state index is 0.0844. The second kappa shape index (κ2) is 7.93. The van der Waals surface area contributed by atoms with Crippen molar-refractivity contribution >= 4 is 34.4 Å². The molecule has 0 aliphatic rings. The average Bonchev–Trinajstić information content (AvgIpc) is 2.96. The van der Waals surface area contributed by atoms with Crippen molar-refractivity contribution in [2.24, 2.45) is 0 Å². The molecule has 0 radical (unpaired) electrons. The summed E-state index contributed by atoms with van der Waals surface area (Å²) in [7, 11) is 0. The van der Waals surface area contributed by atoms with E-state index >= 15 is 0 Å². The second-order valence-electron chi connectivity index (χ2n) is 6.49. The van der Waals surface area contributed by atoms with Crippen molar-refractivity contribution in [1.82, 2.24) is 9.55 Å². The Morgan fingerprint density at radius 1 is 1.23 bits per heavy atom. The first-order chi connectivity index (χ1) is 12.4. The van der Waals surface area contributed by atoms with Crippen LogP contribution in [0.25, 0.3) is 11.0 Å². The summed E-state index contributed by atoms with van der Waals surface area (Å²) in [5.41, 5.74) is 5.24. The van der Waals surface area contributed by atoms with Gasteiger partial charge in [-0.3, -0.25) is 4.79 Å². The minimum atomic E-state index is -0.478. The van der Waals surface area contributed by atoms with Gasteiger partial charge in [-0.25, -0.2) is 4.98 Å². The van der Waals surface area contributed by atoms with Gasteiger partial charge in [0.15, 0.2) is 0 Å². The molecule has 0 saturated carbocycles. The SMILES string of the molecule is CC(=O)Nc1ccc(SCC(O)Cn2cnc3cc(C)c(C)cc32)cc1. The lowest BCUT2D eigenvalue weighted by Gasteiger charge is -2.12. The third-order valence-corrected chi connectivity index (χ3v) is 5.42. The van der Waals surface area contributed by atoms with Gasteiger partial charge in [0.1, 0.15) is 0 Å². The highest BCUT2D eigenvalue weighted by Gasteiger charge is 2.10. The maximum absolute atomic E-state index is 11.0. The molecule has 1 heterocycles. The molecule has 1 aromatic heterocycles. The number of fused-ring (bicyclic) bond motifs is 1. The number of nitrogens with zero attached hydrogens (tertiary/aromatic N) is 2. The summed E-state index contributed by atoms with van der Waals surface area (Å²) < 4.78 is 2.01. The molecule has 1 amide bonds. The van der Waals surface area contributed by atoms with Crippen molar-refractivity contribution < 1.29 is 9.90 Å². The molecule has 0 spiro atoms. The van der Waals surface area contributed by atoms with E-state index in [0.29, 0.717) is 12.3 Å². The van der Waals surface area contributed by atoms with Gasteiger partial charge in [0.2, 0.25) is 5.91 Å². The Hall–Kier alpha value is -2.31. The number of hydrogen-bond acceptors (Lipinski definition) is 4. The van der Waals surface area contributed by atoms with Crippen LogP contribution in [0.2, 0.25) is 0 Å². The lowest BCUT2D eigenvalue weighted by atomic mass is 10.1. The summed E-state index contributed by atoms with van der Waals surface area (Å²) in [6, 6.07) is 11.8. The lowest BCUT2D eigenvalue weighted by Crippen LogP contribution is -2.18. The molecule has 2 N–H and O–H groups in total. The molecular formula is C20H23N3O2S. The molecule has 0 aliphatic heterocycles. The molecule has 0 aliphatic carbocycles. The molecule has 5 nitrogen and oxygen atoms in total. The normalized spacial score (nSPS) is 12.3. The van der Waals surface area contributed by atoms with Gasteiger partial charge in [-0.05, 0) is 61.4 Å². The van der Waals surface area contributed by atoms with E-state index in [1.807, 2.05) is 28.8 Å². The number of aromatic nitrogens is 2. The average molecular weight is 369 g/mol. The molecule has 0 saturated heterocycles. The zero-order valence-electron chi connectivity index (χ0n) is 15.2. The van der Waals surface area contributed by atoms with Crippen molar-refractivity contribution in [3.8, 4) is 0 Å². The van der Waals surface area contributed by atoms with Gasteiger partial charge in [0.05, 0.1) is 30.0 Å². The van der Waals surface area contributed by atoms with Crippen LogP contribution in [0.5, 0.6) is 0 Å². The largest absolute Gasteiger partial charge is 0.390 e. The van der Waals surface area contributed by atoms with Gasteiger partial charge in [0.25, 0.3) is 0 Å². The standard InChI is InChI=1S/C20H23N3O2S/c1-13-8-19-20(9-14(13)2)23(12-21-19)10-17(25)11-26-18-6-4-16(5-7-18)22-15(3)24/h4-9,12,17,25H,10-11H2,1-3H3,(H,22,24). The summed E-state index contributed by atoms with van der Waals surface area (Å²) in [4.78, 5) is 16.5. The molecule has 1 unspecified atom stereocenters. The van der Waals surface area contributed by atoms with E-state index < -0.39 is 6.10 Å². The summed E-state index contributed by atoms with van der Waals surface area (Å²) in [5, 5.41) is 13.2. The van der Waals surface area contributed by atoms with Crippen molar-refractivity contribution in [2.75, 3.05) is 11.1 Å². The van der Waals surface area contributed by atoms with Gasteiger partial charge < -0.3 is 15.0 Å². The Labute approximate surface area is 157 Å². The monoisotopic (exact) mass is 369 g/mol. The number of nitrogens with one attached hydrogen (secondary N) is 1. The second-order valence-corrected chi connectivity index (χ2v) is 7.59. The fourth-order valence-electron chi connectivity index (χ4n) is 2.77. The molecule has 2 aromatic carbocycles. The van der Waals surface area contributed by atoms with E-state index in [1.165, 1.54) is 18.1 Å². The molecule has 136 valence electrons. The smallest absolute Gasteiger partial charge is 0.221 e. The number of aliphatic hydroxyl groups excluding tert-OH is 1. The van der Waals surface area contributed by atoms with E-state index in [4.69, 9.17) is 0 Å². The highest BCUT2D eigenvalue weighted by Crippen LogP contribution is 2.23. The fourth-order valence-corrected chi connectivity index (χ4v) is 3.59. The number of aliphatic hydroxyl groups is 1. The first-order valence-electron chi connectivity index (χ1n) is 8.53. The Bertz CT molecular complexity index is 919. The number of rotatable bonds is 6. The maximum atomic E-state index is 11.0. The molecule has 3 rings (SSSR count). The van der Waals surface area contributed by atoms with Crippen LogP contribution in [0.15, 0.2) is 47.6 Å². The third kappa shape index (κ3) is 4.45. The summed E-state index contributed by atoms with van der Waals surface area (Å²) in [5.74, 6) is 0.503. The Morgan fingerprint density at radius 3 is 2.62 bits per heavy atom. The van der Waals surface area contributed by atoms with E-state index in [2.05, 4.69) is 36.3 Å². The van der Waals surface area contributed by atoms with Gasteiger partial charge >= 0.3 is 0 Å². The summed E-state index contributed by atoms with van der Waals surface area (Å²) in [6.07, 6.45) is 1.31. The van der Waals surface area contributed by atoms with Crippen LogP contribution < -0.4 is 5.32 Å². The van der Waals surface area contributed by atoms with E-state index in [0.717, 1.165) is 21.6 Å². The van der Waals surface area contributed by atoms with Crippen LogP contribution in [0.1, 0.15) is 18.1 Å². The Morgan fingerprint density at radius 2 is 1.92 bits per heavy atom. The zero-order valence-corrected chi connectivity index (χ0v) is 16.0. The predicted molar refractivity (Wildman–Crippen MR) is 107 cm³/mol. The topological polar surface area (TPSA) is 67.2 Å². The third-order valence-electron chi connectivity index (χ3n) is 4.26. The van der Waals surface area contributed by atoms with Crippen molar-refractivity contribution in [2.45, 2.75) is 38.3 Å². The quantitative estimate of drug-likeness (QED) is 0.649. The Kier molecular flexibility index (Phi) is 5.64. The molecule has 1 atom stereocenters. The van der Waals surface area contributed by atoms with E-state index in [1.54, 1.807) is 18.1 Å². The molecule has 26 heavy (non-hydrogen) atoms. The highest BCUT2D eigenvalue weighted by molar-refractivity contribution is 7.99. The van der Waals surface area contributed by atoms with Crippen LogP contribution in [0, 0.1) is 13.8 Å². The van der Waals surface area contributed by atoms with Crippen molar-refractivity contribution in [3.63, 3.8) is 0 Å².